The fraction of sp³-hybridized carbons (Fsp3) is 0.400. The first kappa shape index (κ1) is 74.4. The van der Waals surface area contributed by atoms with Gasteiger partial charge in [-0.25, -0.2) is 0 Å². The average molecular weight is 1400 g/mol. The fourth-order valence-corrected chi connectivity index (χ4v) is 17.1. The topological polar surface area (TPSA) is 13.0 Å². The minimum absolute atomic E-state index is 0.0401. The monoisotopic (exact) mass is 1400 g/mol. The van der Waals surface area contributed by atoms with Crippen molar-refractivity contribution in [3.8, 4) is 0 Å². The van der Waals surface area contributed by atoms with Crippen LogP contribution in [0.2, 0.25) is 0 Å². The molecule has 0 atom stereocenters. The van der Waals surface area contributed by atoms with Gasteiger partial charge < -0.3 is 19.6 Å². The number of para-hydroxylation sites is 2. The molecule has 0 fully saturated rings. The summed E-state index contributed by atoms with van der Waals surface area (Å²) >= 11 is 0. The number of benzene rings is 10. The molecule has 0 saturated carbocycles. The van der Waals surface area contributed by atoms with Gasteiger partial charge in [-0.2, -0.15) is 0 Å². The molecule has 106 heavy (non-hydrogen) atoms. The Labute approximate surface area is 640 Å². The summed E-state index contributed by atoms with van der Waals surface area (Å²) < 4.78 is 0. The third-order valence-corrected chi connectivity index (χ3v) is 24.4. The van der Waals surface area contributed by atoms with Gasteiger partial charge in [0.2, 0.25) is 0 Å². The lowest BCUT2D eigenvalue weighted by atomic mass is 9.33. The highest BCUT2D eigenvalue weighted by atomic mass is 15.2. The largest absolute Gasteiger partial charge is 0.311 e. The molecule has 14 rings (SSSR count). The van der Waals surface area contributed by atoms with Crippen LogP contribution in [0, 0.1) is 0 Å². The lowest BCUT2D eigenvalue weighted by Crippen LogP contribution is -2.61. The Morgan fingerprint density at radius 2 is 0.425 bits per heavy atom. The van der Waals surface area contributed by atoms with Crippen molar-refractivity contribution in [3.05, 3.63) is 250 Å². The second-order valence-electron chi connectivity index (χ2n) is 41.6. The van der Waals surface area contributed by atoms with E-state index in [4.69, 9.17) is 0 Å². The number of hydrogen-bond donors (Lipinski definition) is 0. The van der Waals surface area contributed by atoms with Crippen molar-refractivity contribution >= 4 is 114 Å². The predicted molar refractivity (Wildman–Crippen MR) is 466 cm³/mol. The van der Waals surface area contributed by atoms with E-state index in [-0.39, 0.29) is 67.6 Å². The SMILES string of the molecule is CC(C)(C)c1cc(N2c3ccccc3B3c4ccccc4N(c4cc(C(C)(C)C)cc(C(C)(C)CCC(C)(C)c5ccc6c(c5)B5c7cc(C(C)(C)C)ccc7N(c7cc(C(C)(C)C)cc(C(C)(C)C)c7)c7cccc(c75)N6c5cc(C(C)(C)C)cc(C(C)(C)C)c5)c4)c4cccc2c43)cc(C(C)(C)C)c1. The first-order valence-electron chi connectivity index (χ1n) is 39.7. The van der Waals surface area contributed by atoms with Crippen LogP contribution in [0.4, 0.5) is 68.2 Å². The Hall–Kier alpha value is -8.47. The van der Waals surface area contributed by atoms with Crippen molar-refractivity contribution in [2.75, 3.05) is 19.6 Å². The molecular weight excluding hydrogens is 1280 g/mol. The molecule has 0 spiro atoms. The first-order valence-corrected chi connectivity index (χ1v) is 39.7. The number of hydrogen-bond acceptors (Lipinski definition) is 4. The highest BCUT2D eigenvalue weighted by Gasteiger charge is 2.47. The van der Waals surface area contributed by atoms with E-state index in [1.165, 1.54) is 157 Å². The predicted octanol–water partition coefficient (Wildman–Crippen LogP) is 24.3. The van der Waals surface area contributed by atoms with Crippen LogP contribution >= 0.6 is 0 Å². The Balaban J connectivity index is 0.907. The number of rotatable bonds is 9. The Kier molecular flexibility index (Phi) is 17.6. The van der Waals surface area contributed by atoms with Crippen molar-refractivity contribution < 1.29 is 0 Å². The van der Waals surface area contributed by atoms with Crippen LogP contribution in [0.3, 0.4) is 0 Å². The molecular formula is C100H120B2N4. The maximum Gasteiger partial charge on any atom is 0.252 e. The van der Waals surface area contributed by atoms with Crippen LogP contribution in [-0.2, 0) is 54.1 Å². The average Bonchev–Trinajstić information content (AvgIpc) is 0.700. The zero-order valence-electron chi connectivity index (χ0n) is 69.8. The van der Waals surface area contributed by atoms with Gasteiger partial charge in [0.15, 0.2) is 0 Å². The Morgan fingerprint density at radius 3 is 0.726 bits per heavy atom. The van der Waals surface area contributed by atoms with E-state index in [0.29, 0.717) is 0 Å². The molecule has 0 saturated heterocycles. The molecule has 4 aliphatic rings. The van der Waals surface area contributed by atoms with E-state index in [9.17, 15) is 0 Å². The van der Waals surface area contributed by atoms with Gasteiger partial charge >= 0.3 is 0 Å². The summed E-state index contributed by atoms with van der Waals surface area (Å²) in [6.45, 7) is 67.0. The molecule has 6 heteroatoms. The Bertz CT molecular complexity index is 5020. The maximum absolute atomic E-state index is 2.67. The van der Waals surface area contributed by atoms with Crippen molar-refractivity contribution in [2.24, 2.45) is 0 Å². The standard InChI is InChI=1S/C100H120B2N4/c1-91(2,3)63-43-45-83-79(61-63)102-80-62-64(44-46-84(80)106(75-57-69(96(16,17)18)51-70(58-75)97(19,20)21)88-42-34-41-87(90(88)102)105(83)74-55-67(94(10,11)12)50-68(56-74)95(13,14)15)99(25,26)47-48-100(27,28)72-52-71(98(22,23)24)59-76(60-72)104-82-38-32-30-36-78(82)101-77-35-29-31-37-81(77)103(85-39-33-40-86(104)89(85)101)73-53-65(92(4,5)6)49-66(54-73)93(7,8)9/h29-46,49-62H,47-48H2,1-28H3. The molecule has 0 aromatic heterocycles. The van der Waals surface area contributed by atoms with Crippen LogP contribution in [0.15, 0.2) is 194 Å². The number of fused-ring (bicyclic) bond motifs is 8. The van der Waals surface area contributed by atoms with E-state index in [2.05, 4.69) is 408 Å². The minimum atomic E-state index is -0.216. The van der Waals surface area contributed by atoms with Gasteiger partial charge in [-0.05, 0) is 252 Å². The van der Waals surface area contributed by atoms with Crippen molar-refractivity contribution in [1.29, 1.82) is 0 Å². The zero-order valence-corrected chi connectivity index (χ0v) is 69.8. The van der Waals surface area contributed by atoms with Crippen molar-refractivity contribution in [2.45, 2.75) is 261 Å². The van der Waals surface area contributed by atoms with Gasteiger partial charge in [0.05, 0.1) is 0 Å². The molecule has 0 N–H and O–H groups in total. The summed E-state index contributed by atoms with van der Waals surface area (Å²) in [7, 11) is 0. The van der Waals surface area contributed by atoms with E-state index in [0.717, 1.165) is 12.8 Å². The lowest BCUT2D eigenvalue weighted by Gasteiger charge is -2.45. The molecule has 10 aromatic rings. The highest BCUT2D eigenvalue weighted by molar-refractivity contribution is 7.01. The smallest absolute Gasteiger partial charge is 0.252 e. The molecule has 10 aromatic carbocycles. The summed E-state index contributed by atoms with van der Waals surface area (Å²) in [6, 6.07) is 77.9. The van der Waals surface area contributed by atoms with Crippen LogP contribution in [-0.4, -0.2) is 13.4 Å². The quantitative estimate of drug-likeness (QED) is 0.134. The maximum atomic E-state index is 2.67. The zero-order chi connectivity index (χ0) is 76.7. The molecule has 0 radical (unpaired) electrons. The number of nitrogens with zero attached hydrogens (tertiary/aromatic N) is 4. The van der Waals surface area contributed by atoms with Crippen LogP contribution in [0.1, 0.15) is 262 Å². The molecule has 4 heterocycles. The summed E-state index contributed by atoms with van der Waals surface area (Å²) in [6.07, 6.45) is 1.96. The molecule has 4 nitrogen and oxygen atoms in total. The van der Waals surface area contributed by atoms with E-state index < -0.39 is 0 Å². The summed E-state index contributed by atoms with van der Waals surface area (Å²) in [5.74, 6) is 0. The van der Waals surface area contributed by atoms with Gasteiger partial charge in [0.1, 0.15) is 0 Å². The molecule has 0 amide bonds. The second-order valence-corrected chi connectivity index (χ2v) is 41.6. The molecule has 0 unspecified atom stereocenters. The Morgan fingerprint density at radius 1 is 0.198 bits per heavy atom. The van der Waals surface area contributed by atoms with Crippen molar-refractivity contribution in [1.82, 2.24) is 0 Å². The molecule has 4 aliphatic heterocycles. The normalized spacial score (nSPS) is 14.8. The van der Waals surface area contributed by atoms with E-state index in [1.807, 2.05) is 0 Å². The van der Waals surface area contributed by atoms with Crippen LogP contribution in [0.5, 0.6) is 0 Å². The van der Waals surface area contributed by atoms with Gasteiger partial charge in [0.25, 0.3) is 13.4 Å². The van der Waals surface area contributed by atoms with Gasteiger partial charge in [-0.3, -0.25) is 0 Å². The van der Waals surface area contributed by atoms with Gasteiger partial charge in [-0.15, -0.1) is 0 Å². The molecule has 0 aliphatic carbocycles. The lowest BCUT2D eigenvalue weighted by molar-refractivity contribution is 0.374. The second kappa shape index (κ2) is 25.0. The van der Waals surface area contributed by atoms with Crippen molar-refractivity contribution in [3.63, 3.8) is 0 Å². The van der Waals surface area contributed by atoms with Gasteiger partial charge in [0, 0.05) is 68.2 Å². The van der Waals surface area contributed by atoms with Gasteiger partial charge in [-0.1, -0.05) is 291 Å². The third kappa shape index (κ3) is 13.2. The summed E-state index contributed by atoms with van der Waals surface area (Å²) in [5, 5.41) is 0. The fourth-order valence-electron chi connectivity index (χ4n) is 17.1. The summed E-state index contributed by atoms with van der Waals surface area (Å²) in [4.78, 5) is 10.5. The minimum Gasteiger partial charge on any atom is -0.311 e. The molecule has 0 bridgehead atoms. The third-order valence-electron chi connectivity index (χ3n) is 24.4. The van der Waals surface area contributed by atoms with E-state index in [1.54, 1.807) is 0 Å². The molecule has 546 valence electrons. The van der Waals surface area contributed by atoms with Crippen LogP contribution < -0.4 is 52.4 Å². The first-order chi connectivity index (χ1) is 49.1. The summed E-state index contributed by atoms with van der Waals surface area (Å²) in [5.41, 5.74) is 35.4. The number of anilines is 12. The van der Waals surface area contributed by atoms with E-state index >= 15 is 0 Å². The van der Waals surface area contributed by atoms with Crippen LogP contribution in [0.25, 0.3) is 0 Å². The highest BCUT2D eigenvalue weighted by Crippen LogP contribution is 2.52.